The predicted octanol–water partition coefficient (Wildman–Crippen LogP) is 4.62. The van der Waals surface area contributed by atoms with Crippen LogP contribution in [0.2, 0.25) is 0 Å². The molecule has 0 aliphatic heterocycles. The first-order valence-corrected chi connectivity index (χ1v) is 8.83. The summed E-state index contributed by atoms with van der Waals surface area (Å²) < 4.78 is 5.45. The number of ether oxygens (including phenoxy) is 1. The Labute approximate surface area is 150 Å². The lowest BCUT2D eigenvalue weighted by atomic mass is 10.1. The van der Waals surface area contributed by atoms with E-state index in [1.54, 1.807) is 0 Å². The molecule has 24 heavy (non-hydrogen) atoms. The maximum atomic E-state index is 5.45. The van der Waals surface area contributed by atoms with E-state index in [4.69, 9.17) is 17.0 Å². The van der Waals surface area contributed by atoms with Crippen LogP contribution in [0.4, 0.5) is 5.69 Å². The van der Waals surface area contributed by atoms with Gasteiger partial charge in [-0.3, -0.25) is 0 Å². The molecule has 2 aromatic carbocycles. The van der Waals surface area contributed by atoms with E-state index in [1.165, 1.54) is 16.7 Å². The van der Waals surface area contributed by atoms with Crippen molar-refractivity contribution in [1.29, 1.82) is 0 Å². The Bertz CT molecular complexity index is 668. The molecule has 0 unspecified atom stereocenters. The first-order valence-electron chi connectivity index (χ1n) is 8.42. The van der Waals surface area contributed by atoms with Crippen LogP contribution in [0.3, 0.4) is 0 Å². The average molecular weight is 343 g/mol. The number of benzene rings is 2. The highest BCUT2D eigenvalue weighted by molar-refractivity contribution is 7.80. The number of rotatable bonds is 7. The molecule has 0 bridgehead atoms. The van der Waals surface area contributed by atoms with Crippen LogP contribution in [0.5, 0.6) is 5.75 Å². The molecular formula is C20H26N2OS. The predicted molar refractivity (Wildman–Crippen MR) is 106 cm³/mol. The average Bonchev–Trinajstić information content (AvgIpc) is 2.57. The minimum absolute atomic E-state index is 0.671. The summed E-state index contributed by atoms with van der Waals surface area (Å²) in [6, 6.07) is 14.6. The molecule has 0 saturated carbocycles. The molecule has 0 aliphatic carbocycles. The van der Waals surface area contributed by atoms with Gasteiger partial charge in [-0.1, -0.05) is 18.2 Å². The SMILES string of the molecule is CCOc1ccc(CCCNC(=S)Nc2ccc(C)c(C)c2)cc1. The molecule has 128 valence electrons. The van der Waals surface area contributed by atoms with Crippen LogP contribution in [-0.2, 0) is 6.42 Å². The third-order valence-electron chi connectivity index (χ3n) is 3.93. The normalized spacial score (nSPS) is 10.3. The van der Waals surface area contributed by atoms with Crippen molar-refractivity contribution in [3.05, 3.63) is 59.2 Å². The van der Waals surface area contributed by atoms with Gasteiger partial charge in [0.25, 0.3) is 0 Å². The zero-order chi connectivity index (χ0) is 17.4. The summed E-state index contributed by atoms with van der Waals surface area (Å²) in [7, 11) is 0. The highest BCUT2D eigenvalue weighted by Crippen LogP contribution is 2.14. The Kier molecular flexibility index (Phi) is 7.07. The zero-order valence-electron chi connectivity index (χ0n) is 14.7. The van der Waals surface area contributed by atoms with Crippen LogP contribution in [0.25, 0.3) is 0 Å². The molecule has 0 aliphatic rings. The van der Waals surface area contributed by atoms with Gasteiger partial charge in [0, 0.05) is 12.2 Å². The third kappa shape index (κ3) is 5.85. The van der Waals surface area contributed by atoms with Gasteiger partial charge in [-0.2, -0.15) is 0 Å². The Hall–Kier alpha value is -2.07. The third-order valence-corrected chi connectivity index (χ3v) is 4.17. The fourth-order valence-electron chi connectivity index (χ4n) is 2.41. The van der Waals surface area contributed by atoms with Gasteiger partial charge in [-0.25, -0.2) is 0 Å². The van der Waals surface area contributed by atoms with Crippen molar-refractivity contribution in [2.24, 2.45) is 0 Å². The monoisotopic (exact) mass is 342 g/mol. The first kappa shape index (κ1) is 18.3. The van der Waals surface area contributed by atoms with Gasteiger partial charge in [-0.05, 0) is 86.8 Å². The first-order chi connectivity index (χ1) is 11.6. The van der Waals surface area contributed by atoms with E-state index >= 15 is 0 Å². The summed E-state index contributed by atoms with van der Waals surface area (Å²) in [5.41, 5.74) is 4.89. The molecule has 0 aromatic heterocycles. The number of hydrogen-bond acceptors (Lipinski definition) is 2. The molecular weight excluding hydrogens is 316 g/mol. The summed E-state index contributed by atoms with van der Waals surface area (Å²) in [5, 5.41) is 7.17. The molecule has 0 atom stereocenters. The van der Waals surface area contributed by atoms with Gasteiger partial charge in [-0.15, -0.1) is 0 Å². The summed E-state index contributed by atoms with van der Waals surface area (Å²) in [6.45, 7) is 7.76. The second-order valence-corrected chi connectivity index (χ2v) is 6.27. The topological polar surface area (TPSA) is 33.3 Å². The van der Waals surface area contributed by atoms with Gasteiger partial charge in [0.1, 0.15) is 5.75 Å². The Morgan fingerprint density at radius 3 is 2.46 bits per heavy atom. The van der Waals surface area contributed by atoms with Gasteiger partial charge in [0.2, 0.25) is 0 Å². The van der Waals surface area contributed by atoms with Gasteiger partial charge in [0.15, 0.2) is 5.11 Å². The summed E-state index contributed by atoms with van der Waals surface area (Å²) in [4.78, 5) is 0. The van der Waals surface area contributed by atoms with E-state index in [-0.39, 0.29) is 0 Å². The van der Waals surface area contributed by atoms with Crippen molar-refractivity contribution in [3.8, 4) is 5.75 Å². The maximum Gasteiger partial charge on any atom is 0.170 e. The molecule has 0 fully saturated rings. The second kappa shape index (κ2) is 9.28. The van der Waals surface area contributed by atoms with Crippen molar-refractivity contribution in [2.75, 3.05) is 18.5 Å². The lowest BCUT2D eigenvalue weighted by Gasteiger charge is -2.12. The number of hydrogen-bond donors (Lipinski definition) is 2. The second-order valence-electron chi connectivity index (χ2n) is 5.86. The van der Waals surface area contributed by atoms with E-state index in [2.05, 4.69) is 54.8 Å². The fourth-order valence-corrected chi connectivity index (χ4v) is 2.63. The maximum absolute atomic E-state index is 5.45. The summed E-state index contributed by atoms with van der Waals surface area (Å²) in [6.07, 6.45) is 2.05. The van der Waals surface area contributed by atoms with E-state index in [0.717, 1.165) is 30.8 Å². The number of aryl methyl sites for hydroxylation is 3. The highest BCUT2D eigenvalue weighted by Gasteiger charge is 2.00. The van der Waals surface area contributed by atoms with E-state index < -0.39 is 0 Å². The van der Waals surface area contributed by atoms with Crippen molar-refractivity contribution in [2.45, 2.75) is 33.6 Å². The van der Waals surface area contributed by atoms with E-state index in [0.29, 0.717) is 11.7 Å². The summed E-state index contributed by atoms with van der Waals surface area (Å²) >= 11 is 5.35. The molecule has 2 N–H and O–H groups in total. The number of thiocarbonyl (C=S) groups is 1. The molecule has 0 heterocycles. The molecule has 2 rings (SSSR count). The van der Waals surface area contributed by atoms with Crippen LogP contribution in [0, 0.1) is 13.8 Å². The van der Waals surface area contributed by atoms with Gasteiger partial charge >= 0.3 is 0 Å². The quantitative estimate of drug-likeness (QED) is 0.568. The Morgan fingerprint density at radius 2 is 1.79 bits per heavy atom. The molecule has 0 saturated heterocycles. The van der Waals surface area contributed by atoms with Gasteiger partial charge < -0.3 is 15.4 Å². The highest BCUT2D eigenvalue weighted by atomic mass is 32.1. The minimum Gasteiger partial charge on any atom is -0.494 e. The molecule has 4 heteroatoms. The van der Waals surface area contributed by atoms with E-state index in [1.807, 2.05) is 19.1 Å². The van der Waals surface area contributed by atoms with Crippen LogP contribution >= 0.6 is 12.2 Å². The number of nitrogens with one attached hydrogen (secondary N) is 2. The van der Waals surface area contributed by atoms with Crippen molar-refractivity contribution in [3.63, 3.8) is 0 Å². The van der Waals surface area contributed by atoms with Crippen LogP contribution < -0.4 is 15.4 Å². The lowest BCUT2D eigenvalue weighted by molar-refractivity contribution is 0.340. The van der Waals surface area contributed by atoms with Crippen LogP contribution in [-0.4, -0.2) is 18.3 Å². The Balaban J connectivity index is 1.69. The fraction of sp³-hybridized carbons (Fsp3) is 0.350. The molecule has 0 spiro atoms. The van der Waals surface area contributed by atoms with Crippen LogP contribution in [0.1, 0.15) is 30.0 Å². The minimum atomic E-state index is 0.671. The largest absolute Gasteiger partial charge is 0.494 e. The molecule has 0 radical (unpaired) electrons. The van der Waals surface area contributed by atoms with E-state index in [9.17, 15) is 0 Å². The lowest BCUT2D eigenvalue weighted by Crippen LogP contribution is -2.29. The molecule has 3 nitrogen and oxygen atoms in total. The summed E-state index contributed by atoms with van der Waals surface area (Å²) in [5.74, 6) is 0.929. The number of anilines is 1. The Morgan fingerprint density at radius 1 is 1.04 bits per heavy atom. The molecule has 2 aromatic rings. The van der Waals surface area contributed by atoms with Crippen molar-refractivity contribution in [1.82, 2.24) is 5.32 Å². The standard InChI is InChI=1S/C20H26N2OS/c1-4-23-19-11-8-17(9-12-19)6-5-13-21-20(24)22-18-10-7-15(2)16(3)14-18/h7-12,14H,4-6,13H2,1-3H3,(H2,21,22,24). The van der Waals surface area contributed by atoms with Gasteiger partial charge in [0.05, 0.1) is 6.61 Å². The zero-order valence-corrected chi connectivity index (χ0v) is 15.5. The van der Waals surface area contributed by atoms with Crippen molar-refractivity contribution >= 4 is 23.0 Å². The van der Waals surface area contributed by atoms with Crippen molar-refractivity contribution < 1.29 is 4.74 Å². The van der Waals surface area contributed by atoms with Crippen LogP contribution in [0.15, 0.2) is 42.5 Å². The molecule has 0 amide bonds. The smallest absolute Gasteiger partial charge is 0.170 e.